The Kier molecular flexibility index (Phi) is 5.60. The van der Waals surface area contributed by atoms with E-state index in [1.807, 2.05) is 13.8 Å². The van der Waals surface area contributed by atoms with Gasteiger partial charge in [0.2, 0.25) is 5.75 Å². The van der Waals surface area contributed by atoms with Crippen LogP contribution in [0.1, 0.15) is 30.2 Å². The maximum atomic E-state index is 12.4. The zero-order chi connectivity index (χ0) is 20.3. The average molecular weight is 401 g/mol. The van der Waals surface area contributed by atoms with Crippen LogP contribution in [0.2, 0.25) is 5.02 Å². The van der Waals surface area contributed by atoms with Crippen LogP contribution in [0.3, 0.4) is 0 Å². The quantitative estimate of drug-likeness (QED) is 0.460. The number of hydrogen-bond donors (Lipinski definition) is 1. The smallest absolute Gasteiger partial charge is 0.313 e. The number of nitro benzene ring substituents is 1. The van der Waals surface area contributed by atoms with Crippen LogP contribution in [-0.4, -0.2) is 20.6 Å². The highest BCUT2D eigenvalue weighted by Gasteiger charge is 2.17. The topological polar surface area (TPSA) is 99.3 Å². The fourth-order valence-corrected chi connectivity index (χ4v) is 2.70. The molecule has 0 bridgehead atoms. The van der Waals surface area contributed by atoms with E-state index < -0.39 is 4.92 Å². The lowest BCUT2D eigenvalue weighted by molar-refractivity contribution is -0.385. The predicted molar refractivity (Wildman–Crippen MR) is 105 cm³/mol. The van der Waals surface area contributed by atoms with Crippen LogP contribution in [0.4, 0.5) is 11.5 Å². The largest absolute Gasteiger partial charge is 0.450 e. The minimum absolute atomic E-state index is 0.0624. The maximum Gasteiger partial charge on any atom is 0.313 e. The van der Waals surface area contributed by atoms with E-state index in [-0.39, 0.29) is 28.4 Å². The molecule has 3 aromatic rings. The van der Waals surface area contributed by atoms with Gasteiger partial charge in [-0.3, -0.25) is 14.9 Å². The zero-order valence-electron chi connectivity index (χ0n) is 15.1. The van der Waals surface area contributed by atoms with Crippen LogP contribution >= 0.6 is 11.6 Å². The van der Waals surface area contributed by atoms with Crippen molar-refractivity contribution in [2.45, 2.75) is 19.9 Å². The van der Waals surface area contributed by atoms with E-state index in [1.165, 1.54) is 18.2 Å². The molecule has 0 saturated heterocycles. The highest BCUT2D eigenvalue weighted by molar-refractivity contribution is 6.30. The van der Waals surface area contributed by atoms with Crippen LogP contribution < -0.4 is 10.1 Å². The van der Waals surface area contributed by atoms with Gasteiger partial charge in [-0.1, -0.05) is 11.6 Å². The molecule has 0 unspecified atom stereocenters. The summed E-state index contributed by atoms with van der Waals surface area (Å²) in [4.78, 5) is 23.0. The average Bonchev–Trinajstić information content (AvgIpc) is 3.12. The SMILES string of the molecule is CC(C)n1nccc1NC(=O)c1ccc(Oc2ccc(Cl)cc2[N+](=O)[O-])cc1. The summed E-state index contributed by atoms with van der Waals surface area (Å²) >= 11 is 5.80. The summed E-state index contributed by atoms with van der Waals surface area (Å²) in [7, 11) is 0. The second kappa shape index (κ2) is 8.10. The third-order valence-corrected chi connectivity index (χ3v) is 4.10. The van der Waals surface area contributed by atoms with Gasteiger partial charge in [-0.15, -0.1) is 0 Å². The fourth-order valence-electron chi connectivity index (χ4n) is 2.53. The van der Waals surface area contributed by atoms with Gasteiger partial charge in [-0.2, -0.15) is 5.10 Å². The summed E-state index contributed by atoms with van der Waals surface area (Å²) in [5, 5.41) is 18.4. The molecule has 1 amide bonds. The first-order valence-corrected chi connectivity index (χ1v) is 8.79. The highest BCUT2D eigenvalue weighted by Crippen LogP contribution is 2.33. The summed E-state index contributed by atoms with van der Waals surface area (Å²) in [5.41, 5.74) is 0.172. The number of nitro groups is 1. The molecule has 0 atom stereocenters. The Morgan fingerprint density at radius 3 is 2.57 bits per heavy atom. The van der Waals surface area contributed by atoms with Crippen molar-refractivity contribution in [2.24, 2.45) is 0 Å². The molecule has 1 heterocycles. The third kappa shape index (κ3) is 4.29. The van der Waals surface area contributed by atoms with E-state index in [0.717, 1.165) is 0 Å². The first-order valence-electron chi connectivity index (χ1n) is 8.42. The number of anilines is 1. The minimum Gasteiger partial charge on any atom is -0.450 e. The van der Waals surface area contributed by atoms with Crippen molar-refractivity contribution in [2.75, 3.05) is 5.32 Å². The van der Waals surface area contributed by atoms with Gasteiger partial charge < -0.3 is 10.1 Å². The Hall–Kier alpha value is -3.39. The highest BCUT2D eigenvalue weighted by atomic mass is 35.5. The second-order valence-corrected chi connectivity index (χ2v) is 6.64. The molecule has 0 aliphatic rings. The lowest BCUT2D eigenvalue weighted by Crippen LogP contribution is -2.16. The number of carbonyl (C=O) groups excluding carboxylic acids is 1. The Bertz CT molecular complexity index is 1020. The first-order chi connectivity index (χ1) is 13.3. The third-order valence-electron chi connectivity index (χ3n) is 3.86. The van der Waals surface area contributed by atoms with Crippen LogP contribution in [0.15, 0.2) is 54.7 Å². The van der Waals surface area contributed by atoms with Gasteiger partial charge in [0.25, 0.3) is 5.91 Å². The molecule has 0 radical (unpaired) electrons. The number of halogens is 1. The Balaban J connectivity index is 1.74. The van der Waals surface area contributed by atoms with E-state index in [2.05, 4.69) is 10.4 Å². The van der Waals surface area contributed by atoms with Gasteiger partial charge in [0, 0.05) is 28.8 Å². The molecule has 3 rings (SSSR count). The minimum atomic E-state index is -0.569. The number of ether oxygens (including phenoxy) is 1. The lowest BCUT2D eigenvalue weighted by Gasteiger charge is -2.12. The van der Waals surface area contributed by atoms with Crippen LogP contribution in [0.25, 0.3) is 0 Å². The van der Waals surface area contributed by atoms with E-state index in [4.69, 9.17) is 16.3 Å². The number of nitrogens with one attached hydrogen (secondary N) is 1. The molecule has 1 aromatic heterocycles. The molecular weight excluding hydrogens is 384 g/mol. The van der Waals surface area contributed by atoms with Crippen molar-refractivity contribution >= 4 is 29.0 Å². The summed E-state index contributed by atoms with van der Waals surface area (Å²) in [6.07, 6.45) is 1.62. The number of carbonyl (C=O) groups is 1. The van der Waals surface area contributed by atoms with Crippen molar-refractivity contribution in [3.63, 3.8) is 0 Å². The standard InChI is InChI=1S/C19H17ClN4O4/c1-12(2)23-18(9-10-21-23)22-19(25)13-3-6-15(7-4-13)28-17-8-5-14(20)11-16(17)24(26)27/h3-12H,1-2H3,(H,22,25). The molecule has 0 aliphatic carbocycles. The van der Waals surface area contributed by atoms with Gasteiger partial charge in [-0.05, 0) is 50.2 Å². The van der Waals surface area contributed by atoms with E-state index >= 15 is 0 Å². The zero-order valence-corrected chi connectivity index (χ0v) is 15.9. The molecule has 2 aromatic carbocycles. The number of aromatic nitrogens is 2. The summed E-state index contributed by atoms with van der Waals surface area (Å²) in [5.74, 6) is 0.713. The van der Waals surface area contributed by atoms with Gasteiger partial charge in [0.1, 0.15) is 11.6 Å². The molecule has 28 heavy (non-hydrogen) atoms. The lowest BCUT2D eigenvalue weighted by atomic mass is 10.2. The molecule has 0 saturated carbocycles. The molecule has 8 nitrogen and oxygen atoms in total. The van der Waals surface area contributed by atoms with Crippen LogP contribution in [-0.2, 0) is 0 Å². The number of rotatable bonds is 6. The summed E-state index contributed by atoms with van der Waals surface area (Å²) < 4.78 is 7.27. The number of nitrogens with zero attached hydrogens (tertiary/aromatic N) is 3. The molecule has 144 valence electrons. The van der Waals surface area contributed by atoms with Crippen LogP contribution in [0.5, 0.6) is 11.5 Å². The van der Waals surface area contributed by atoms with Crippen molar-refractivity contribution in [3.8, 4) is 11.5 Å². The monoisotopic (exact) mass is 400 g/mol. The van der Waals surface area contributed by atoms with Gasteiger partial charge in [0.15, 0.2) is 0 Å². The molecule has 0 spiro atoms. The predicted octanol–water partition coefficient (Wildman–Crippen LogP) is 5.07. The van der Waals surface area contributed by atoms with Crippen LogP contribution in [0, 0.1) is 10.1 Å². The Morgan fingerprint density at radius 1 is 1.21 bits per heavy atom. The molecule has 0 aliphatic heterocycles. The van der Waals surface area contributed by atoms with Gasteiger partial charge in [0.05, 0.1) is 11.1 Å². The van der Waals surface area contributed by atoms with Crippen molar-refractivity contribution < 1.29 is 14.5 Å². The normalized spacial score (nSPS) is 10.7. The van der Waals surface area contributed by atoms with Crippen molar-refractivity contribution in [1.82, 2.24) is 9.78 Å². The number of benzene rings is 2. The molecular formula is C19H17ClN4O4. The molecule has 0 fully saturated rings. The second-order valence-electron chi connectivity index (χ2n) is 6.20. The van der Waals surface area contributed by atoms with E-state index in [9.17, 15) is 14.9 Å². The first kappa shape index (κ1) is 19.4. The van der Waals surface area contributed by atoms with Crippen molar-refractivity contribution in [3.05, 3.63) is 75.4 Å². The number of hydrogen-bond acceptors (Lipinski definition) is 5. The Labute approximate surface area is 165 Å². The number of amides is 1. The fraction of sp³-hybridized carbons (Fsp3) is 0.158. The van der Waals surface area contributed by atoms with Gasteiger partial charge in [-0.25, -0.2) is 4.68 Å². The summed E-state index contributed by atoms with van der Waals surface area (Å²) in [6.45, 7) is 3.93. The maximum absolute atomic E-state index is 12.4. The van der Waals surface area contributed by atoms with E-state index in [0.29, 0.717) is 17.1 Å². The van der Waals surface area contributed by atoms with E-state index in [1.54, 1.807) is 41.2 Å². The Morgan fingerprint density at radius 2 is 1.93 bits per heavy atom. The van der Waals surface area contributed by atoms with Gasteiger partial charge >= 0.3 is 5.69 Å². The summed E-state index contributed by atoms with van der Waals surface area (Å²) in [6, 6.07) is 12.2. The molecule has 9 heteroatoms. The molecule has 1 N–H and O–H groups in total. The van der Waals surface area contributed by atoms with Crippen molar-refractivity contribution in [1.29, 1.82) is 0 Å².